The van der Waals surface area contributed by atoms with Crippen LogP contribution in [0.4, 0.5) is 8.78 Å². The normalized spacial score (nSPS) is 27.4. The molecule has 0 heterocycles. The van der Waals surface area contributed by atoms with Crippen LogP contribution in [0, 0.1) is 40.7 Å². The average molecular weight is 406 g/mol. The number of unbranched alkanes of at least 4 members (excludes halogenated alkanes) is 1. The fourth-order valence-corrected chi connectivity index (χ4v) is 4.88. The average Bonchev–Trinajstić information content (AvgIpc) is 2.76. The lowest BCUT2D eigenvalue weighted by Gasteiger charge is -2.37. The first-order valence-corrected chi connectivity index (χ1v) is 11.2. The second kappa shape index (κ2) is 10.9. The third-order valence-corrected chi connectivity index (χ3v) is 6.77. The van der Waals surface area contributed by atoms with Gasteiger partial charge in [-0.15, -0.1) is 0 Å². The van der Waals surface area contributed by atoms with Crippen molar-refractivity contribution in [3.05, 3.63) is 29.3 Å². The summed E-state index contributed by atoms with van der Waals surface area (Å²) >= 11 is 0. The zero-order valence-corrected chi connectivity index (χ0v) is 17.5. The maximum Gasteiger partial charge on any atom is 0.201 e. The van der Waals surface area contributed by atoms with Gasteiger partial charge in [0.15, 0.2) is 11.6 Å². The first-order valence-electron chi connectivity index (χ1n) is 11.2. The maximum absolute atomic E-state index is 14.0. The summed E-state index contributed by atoms with van der Waals surface area (Å²) < 4.78 is 39.2. The lowest BCUT2D eigenvalue weighted by atomic mass is 9.71. The Morgan fingerprint density at radius 3 is 2.24 bits per heavy atom. The van der Waals surface area contributed by atoms with Gasteiger partial charge in [0, 0.05) is 6.61 Å². The van der Waals surface area contributed by atoms with Crippen molar-refractivity contribution in [1.82, 2.24) is 0 Å². The Morgan fingerprint density at radius 1 is 0.966 bits per heavy atom. The molecule has 160 valence electrons. The molecule has 3 nitrogen and oxygen atoms in total. The SMILES string of the molecule is CCCCO[C@H]1CC[C@H]([C@H]2CC[C@H](COc3ccc(C#N)c(F)c3F)CC2)CC1. The van der Waals surface area contributed by atoms with Crippen LogP contribution in [0.5, 0.6) is 5.75 Å². The molecule has 2 aliphatic rings. The second-order valence-electron chi connectivity index (χ2n) is 8.70. The van der Waals surface area contributed by atoms with Crippen LogP contribution in [0.25, 0.3) is 0 Å². The summed E-state index contributed by atoms with van der Waals surface area (Å²) in [7, 11) is 0. The summed E-state index contributed by atoms with van der Waals surface area (Å²) in [4.78, 5) is 0. The van der Waals surface area contributed by atoms with Crippen LogP contribution in [-0.4, -0.2) is 19.3 Å². The van der Waals surface area contributed by atoms with Gasteiger partial charge in [0.25, 0.3) is 0 Å². The Balaban J connectivity index is 1.38. The minimum Gasteiger partial charge on any atom is -0.490 e. The van der Waals surface area contributed by atoms with Crippen molar-refractivity contribution in [2.24, 2.45) is 17.8 Å². The highest BCUT2D eigenvalue weighted by atomic mass is 19.2. The molecule has 0 saturated heterocycles. The topological polar surface area (TPSA) is 42.2 Å². The Labute approximate surface area is 173 Å². The molecule has 0 unspecified atom stereocenters. The molecule has 0 atom stereocenters. The van der Waals surface area contributed by atoms with Crippen LogP contribution in [0.3, 0.4) is 0 Å². The van der Waals surface area contributed by atoms with Crippen LogP contribution >= 0.6 is 0 Å². The quantitative estimate of drug-likeness (QED) is 0.470. The van der Waals surface area contributed by atoms with Gasteiger partial charge in [-0.2, -0.15) is 9.65 Å². The third kappa shape index (κ3) is 5.92. The van der Waals surface area contributed by atoms with Gasteiger partial charge in [-0.25, -0.2) is 4.39 Å². The van der Waals surface area contributed by atoms with Crippen LogP contribution in [0.1, 0.15) is 76.7 Å². The van der Waals surface area contributed by atoms with E-state index in [4.69, 9.17) is 14.7 Å². The summed E-state index contributed by atoms with van der Waals surface area (Å²) in [5.41, 5.74) is -0.291. The molecule has 3 rings (SSSR count). The van der Waals surface area contributed by atoms with E-state index in [1.165, 1.54) is 57.1 Å². The molecule has 5 heteroatoms. The fourth-order valence-electron chi connectivity index (χ4n) is 4.88. The molecule has 1 aromatic rings. The molecule has 2 fully saturated rings. The smallest absolute Gasteiger partial charge is 0.201 e. The van der Waals surface area contributed by atoms with Gasteiger partial charge in [0.1, 0.15) is 6.07 Å². The molecule has 2 saturated carbocycles. The van der Waals surface area contributed by atoms with E-state index >= 15 is 0 Å². The number of ether oxygens (including phenoxy) is 2. The molecule has 0 bridgehead atoms. The highest BCUT2D eigenvalue weighted by Crippen LogP contribution is 2.40. The number of nitrogens with zero attached hydrogens (tertiary/aromatic N) is 1. The van der Waals surface area contributed by atoms with Crippen LogP contribution in [0.2, 0.25) is 0 Å². The van der Waals surface area contributed by atoms with Crippen molar-refractivity contribution < 1.29 is 18.3 Å². The fraction of sp³-hybridized carbons (Fsp3) is 0.708. The van der Waals surface area contributed by atoms with Crippen molar-refractivity contribution in [2.75, 3.05) is 13.2 Å². The van der Waals surface area contributed by atoms with E-state index in [-0.39, 0.29) is 11.3 Å². The van der Waals surface area contributed by atoms with Gasteiger partial charge in [0.2, 0.25) is 5.82 Å². The molecule has 0 amide bonds. The van der Waals surface area contributed by atoms with Gasteiger partial charge < -0.3 is 9.47 Å². The van der Waals surface area contributed by atoms with E-state index in [1.807, 2.05) is 0 Å². The molecule has 0 aromatic heterocycles. The zero-order chi connectivity index (χ0) is 20.6. The maximum atomic E-state index is 14.0. The summed E-state index contributed by atoms with van der Waals surface area (Å²) in [6.07, 6.45) is 12.3. The highest BCUT2D eigenvalue weighted by molar-refractivity contribution is 5.37. The lowest BCUT2D eigenvalue weighted by molar-refractivity contribution is 0.00517. The van der Waals surface area contributed by atoms with E-state index in [1.54, 1.807) is 6.07 Å². The van der Waals surface area contributed by atoms with E-state index in [0.29, 0.717) is 18.6 Å². The molecule has 0 aliphatic heterocycles. The Morgan fingerprint density at radius 2 is 1.62 bits per heavy atom. The van der Waals surface area contributed by atoms with Crippen molar-refractivity contribution >= 4 is 0 Å². The number of hydrogen-bond donors (Lipinski definition) is 0. The zero-order valence-electron chi connectivity index (χ0n) is 17.5. The van der Waals surface area contributed by atoms with Crippen LogP contribution in [0.15, 0.2) is 12.1 Å². The van der Waals surface area contributed by atoms with Crippen molar-refractivity contribution in [3.8, 4) is 11.8 Å². The minimum absolute atomic E-state index is 0.0926. The molecule has 1 aromatic carbocycles. The highest BCUT2D eigenvalue weighted by Gasteiger charge is 2.31. The number of nitriles is 1. The lowest BCUT2D eigenvalue weighted by Crippen LogP contribution is -2.29. The second-order valence-corrected chi connectivity index (χ2v) is 8.70. The monoisotopic (exact) mass is 405 g/mol. The van der Waals surface area contributed by atoms with Crippen LogP contribution in [-0.2, 0) is 4.74 Å². The molecular formula is C24H33F2NO2. The van der Waals surface area contributed by atoms with Gasteiger partial charge >= 0.3 is 0 Å². The molecular weight excluding hydrogens is 372 g/mol. The Hall–Kier alpha value is -1.67. The number of halogens is 2. The predicted octanol–water partition coefficient (Wildman–Crippen LogP) is 6.40. The summed E-state index contributed by atoms with van der Waals surface area (Å²) in [5.74, 6) is -0.290. The van der Waals surface area contributed by atoms with E-state index in [2.05, 4.69) is 6.92 Å². The Bertz CT molecular complexity index is 687. The summed E-state index contributed by atoms with van der Waals surface area (Å²) in [5, 5.41) is 8.76. The van der Waals surface area contributed by atoms with Gasteiger partial charge in [-0.1, -0.05) is 13.3 Å². The van der Waals surface area contributed by atoms with E-state index in [0.717, 1.165) is 37.7 Å². The number of benzene rings is 1. The molecule has 29 heavy (non-hydrogen) atoms. The Kier molecular flexibility index (Phi) is 8.29. The first kappa shape index (κ1) is 22.0. The van der Waals surface area contributed by atoms with E-state index < -0.39 is 11.6 Å². The molecule has 0 radical (unpaired) electrons. The molecule has 2 aliphatic carbocycles. The summed E-state index contributed by atoms with van der Waals surface area (Å²) in [6, 6.07) is 4.26. The minimum atomic E-state index is -1.12. The number of rotatable bonds is 8. The van der Waals surface area contributed by atoms with Gasteiger partial charge in [0.05, 0.1) is 18.3 Å². The van der Waals surface area contributed by atoms with Crippen LogP contribution < -0.4 is 4.74 Å². The largest absolute Gasteiger partial charge is 0.490 e. The predicted molar refractivity (Wildman–Crippen MR) is 109 cm³/mol. The van der Waals surface area contributed by atoms with E-state index in [9.17, 15) is 8.78 Å². The summed E-state index contributed by atoms with van der Waals surface area (Å²) in [6.45, 7) is 3.51. The molecule has 0 N–H and O–H groups in total. The standard InChI is InChI=1S/C24H33F2NO2/c1-2-3-14-28-21-11-8-19(9-12-21)18-6-4-17(5-7-18)16-29-22-13-10-20(15-27)23(25)24(22)26/h10,13,17-19,21H,2-9,11-12,14,16H2,1H3/t17-,18-,19-,21-. The van der Waals surface area contributed by atoms with Gasteiger partial charge in [-0.3, -0.25) is 0 Å². The van der Waals surface area contributed by atoms with Crippen molar-refractivity contribution in [1.29, 1.82) is 5.26 Å². The first-order chi connectivity index (χ1) is 14.1. The van der Waals surface area contributed by atoms with Crippen molar-refractivity contribution in [2.45, 2.75) is 77.2 Å². The van der Waals surface area contributed by atoms with Gasteiger partial charge in [-0.05, 0) is 87.7 Å². The third-order valence-electron chi connectivity index (χ3n) is 6.77. The molecule has 0 spiro atoms. The van der Waals surface area contributed by atoms with Crippen molar-refractivity contribution in [3.63, 3.8) is 0 Å². The number of hydrogen-bond acceptors (Lipinski definition) is 3.